The van der Waals surface area contributed by atoms with Crippen LogP contribution in [-0.4, -0.2) is 32.0 Å². The molecule has 0 aromatic heterocycles. The normalized spacial score (nSPS) is 18.4. The summed E-state index contributed by atoms with van der Waals surface area (Å²) in [6.07, 6.45) is 1.14. The van der Waals surface area contributed by atoms with Crippen molar-refractivity contribution in [3.8, 4) is 0 Å². The molecule has 1 fully saturated rings. The zero-order chi connectivity index (χ0) is 15.7. The number of hydrogen-bond donors (Lipinski definition) is 2. The summed E-state index contributed by atoms with van der Waals surface area (Å²) in [5.41, 5.74) is -1.44. The molecule has 0 aliphatic carbocycles. The maximum atomic E-state index is 13.1. The standard InChI is InChI=1S/C12H16FN3O4S/c1-12(4-6-14-7-5-12)15-21(19,20)11-3-2-9(13)8-10(11)16(17)18/h2-3,8,14-15H,4-7H2,1H3. The van der Waals surface area contributed by atoms with Gasteiger partial charge in [0, 0.05) is 5.54 Å². The lowest BCUT2D eigenvalue weighted by atomic mass is 9.92. The first kappa shape index (κ1) is 15.8. The number of rotatable bonds is 4. The first-order chi connectivity index (χ1) is 9.73. The molecule has 0 bridgehead atoms. The van der Waals surface area contributed by atoms with Gasteiger partial charge in [0.15, 0.2) is 4.90 Å². The van der Waals surface area contributed by atoms with E-state index in [4.69, 9.17) is 0 Å². The van der Waals surface area contributed by atoms with Crippen LogP contribution < -0.4 is 10.0 Å². The van der Waals surface area contributed by atoms with Crippen LogP contribution in [0.25, 0.3) is 0 Å². The third kappa shape index (κ3) is 3.55. The number of nitrogens with one attached hydrogen (secondary N) is 2. The number of piperidine rings is 1. The van der Waals surface area contributed by atoms with Gasteiger partial charge >= 0.3 is 0 Å². The molecule has 7 nitrogen and oxygen atoms in total. The minimum atomic E-state index is -4.10. The Morgan fingerprint density at radius 2 is 2.00 bits per heavy atom. The third-order valence-electron chi connectivity index (χ3n) is 3.50. The summed E-state index contributed by atoms with van der Waals surface area (Å²) in [5, 5.41) is 14.0. The van der Waals surface area contributed by atoms with Gasteiger partial charge in [0.25, 0.3) is 5.69 Å². The molecule has 0 atom stereocenters. The average Bonchev–Trinajstić information content (AvgIpc) is 2.37. The van der Waals surface area contributed by atoms with Crippen molar-refractivity contribution >= 4 is 15.7 Å². The predicted octanol–water partition coefficient (Wildman–Crippen LogP) is 1.15. The second-order valence-corrected chi connectivity index (χ2v) is 6.94. The Morgan fingerprint density at radius 1 is 1.38 bits per heavy atom. The van der Waals surface area contributed by atoms with E-state index in [9.17, 15) is 22.9 Å². The molecule has 1 heterocycles. The summed E-state index contributed by atoms with van der Waals surface area (Å²) in [7, 11) is -4.10. The zero-order valence-electron chi connectivity index (χ0n) is 11.4. The molecule has 2 rings (SSSR count). The number of hydrogen-bond acceptors (Lipinski definition) is 5. The lowest BCUT2D eigenvalue weighted by molar-refractivity contribution is -0.388. The molecule has 0 unspecified atom stereocenters. The highest BCUT2D eigenvalue weighted by Gasteiger charge is 2.35. The fourth-order valence-electron chi connectivity index (χ4n) is 2.32. The number of nitrogens with zero attached hydrogens (tertiary/aromatic N) is 1. The number of nitro benzene ring substituents is 1. The van der Waals surface area contributed by atoms with Crippen molar-refractivity contribution in [2.24, 2.45) is 0 Å². The summed E-state index contributed by atoms with van der Waals surface area (Å²) >= 11 is 0. The van der Waals surface area contributed by atoms with Crippen molar-refractivity contribution in [2.45, 2.75) is 30.2 Å². The Bertz CT molecular complexity index is 656. The zero-order valence-corrected chi connectivity index (χ0v) is 12.2. The van der Waals surface area contributed by atoms with Crippen LogP contribution in [0, 0.1) is 15.9 Å². The molecule has 1 aromatic rings. The lowest BCUT2D eigenvalue weighted by Gasteiger charge is -2.34. The maximum Gasteiger partial charge on any atom is 0.292 e. The molecule has 2 N–H and O–H groups in total. The number of benzene rings is 1. The molecule has 1 saturated heterocycles. The first-order valence-corrected chi connectivity index (χ1v) is 7.90. The minimum Gasteiger partial charge on any atom is -0.317 e. The molecule has 9 heteroatoms. The fourth-order valence-corrected chi connectivity index (χ4v) is 3.94. The highest BCUT2D eigenvalue weighted by molar-refractivity contribution is 7.89. The van der Waals surface area contributed by atoms with Gasteiger partial charge in [0.05, 0.1) is 11.0 Å². The molecule has 21 heavy (non-hydrogen) atoms. The molecule has 0 saturated carbocycles. The van der Waals surface area contributed by atoms with Crippen LogP contribution in [0.15, 0.2) is 23.1 Å². The van der Waals surface area contributed by atoms with Gasteiger partial charge in [-0.1, -0.05) is 0 Å². The number of sulfonamides is 1. The van der Waals surface area contributed by atoms with Crippen molar-refractivity contribution in [1.82, 2.24) is 10.0 Å². The molecular formula is C12H16FN3O4S. The van der Waals surface area contributed by atoms with Crippen LogP contribution in [0.4, 0.5) is 10.1 Å². The van der Waals surface area contributed by atoms with E-state index in [1.54, 1.807) is 6.92 Å². The first-order valence-electron chi connectivity index (χ1n) is 6.42. The lowest BCUT2D eigenvalue weighted by Crippen LogP contribution is -2.52. The van der Waals surface area contributed by atoms with E-state index in [0.717, 1.165) is 12.1 Å². The Balaban J connectivity index is 2.38. The molecule has 0 spiro atoms. The van der Waals surface area contributed by atoms with Gasteiger partial charge in [-0.3, -0.25) is 10.1 Å². The monoisotopic (exact) mass is 317 g/mol. The van der Waals surface area contributed by atoms with Crippen LogP contribution in [-0.2, 0) is 10.0 Å². The Hall–Kier alpha value is -1.58. The molecule has 116 valence electrons. The number of nitro groups is 1. The molecule has 1 aliphatic rings. The number of halogens is 1. The van der Waals surface area contributed by atoms with Crippen LogP contribution in [0.5, 0.6) is 0 Å². The van der Waals surface area contributed by atoms with Gasteiger partial charge in [0.1, 0.15) is 5.82 Å². The Kier molecular flexibility index (Phi) is 4.26. The Labute approximate surface area is 121 Å². The molecule has 0 radical (unpaired) electrons. The van der Waals surface area contributed by atoms with Crippen molar-refractivity contribution in [2.75, 3.05) is 13.1 Å². The van der Waals surface area contributed by atoms with Crippen LogP contribution >= 0.6 is 0 Å². The van der Waals surface area contributed by atoms with E-state index in [-0.39, 0.29) is 0 Å². The summed E-state index contributed by atoms with van der Waals surface area (Å²) in [6.45, 7) is 3.07. The summed E-state index contributed by atoms with van der Waals surface area (Å²) in [5.74, 6) is -0.853. The van der Waals surface area contributed by atoms with Crippen molar-refractivity contribution < 1.29 is 17.7 Å². The van der Waals surface area contributed by atoms with Crippen molar-refractivity contribution in [1.29, 1.82) is 0 Å². The largest absolute Gasteiger partial charge is 0.317 e. The molecule has 1 aliphatic heterocycles. The third-order valence-corrected chi connectivity index (χ3v) is 5.18. The van der Waals surface area contributed by atoms with E-state index < -0.39 is 36.9 Å². The van der Waals surface area contributed by atoms with Gasteiger partial charge in [0.2, 0.25) is 10.0 Å². The maximum absolute atomic E-state index is 13.1. The summed E-state index contributed by atoms with van der Waals surface area (Å²) in [4.78, 5) is 9.51. The second-order valence-electron chi connectivity index (χ2n) is 5.29. The smallest absolute Gasteiger partial charge is 0.292 e. The summed E-state index contributed by atoms with van der Waals surface area (Å²) < 4.78 is 40.4. The Morgan fingerprint density at radius 3 is 2.57 bits per heavy atom. The topological polar surface area (TPSA) is 101 Å². The fraction of sp³-hybridized carbons (Fsp3) is 0.500. The molecule has 0 amide bonds. The van der Waals surface area contributed by atoms with Crippen LogP contribution in [0.3, 0.4) is 0 Å². The SMILES string of the molecule is CC1(NS(=O)(=O)c2ccc(F)cc2[N+](=O)[O-])CCNCC1. The van der Waals surface area contributed by atoms with Crippen molar-refractivity contribution in [3.05, 3.63) is 34.1 Å². The molecular weight excluding hydrogens is 301 g/mol. The van der Waals surface area contributed by atoms with Gasteiger partial charge in [-0.2, -0.15) is 0 Å². The van der Waals surface area contributed by atoms with Crippen LogP contribution in [0.2, 0.25) is 0 Å². The van der Waals surface area contributed by atoms with E-state index >= 15 is 0 Å². The van der Waals surface area contributed by atoms with Gasteiger partial charge in [-0.25, -0.2) is 17.5 Å². The average molecular weight is 317 g/mol. The summed E-state index contributed by atoms with van der Waals surface area (Å²) in [6, 6.07) is 2.42. The van der Waals surface area contributed by atoms with Crippen LogP contribution in [0.1, 0.15) is 19.8 Å². The van der Waals surface area contributed by atoms with E-state index in [2.05, 4.69) is 10.0 Å². The predicted molar refractivity (Wildman–Crippen MR) is 73.9 cm³/mol. The highest BCUT2D eigenvalue weighted by atomic mass is 32.2. The van der Waals surface area contributed by atoms with E-state index in [1.807, 2.05) is 0 Å². The quantitative estimate of drug-likeness (QED) is 0.641. The van der Waals surface area contributed by atoms with Gasteiger partial charge in [-0.05, 0) is 45.0 Å². The van der Waals surface area contributed by atoms with E-state index in [0.29, 0.717) is 32.0 Å². The highest BCUT2D eigenvalue weighted by Crippen LogP contribution is 2.27. The van der Waals surface area contributed by atoms with Gasteiger partial charge < -0.3 is 5.32 Å². The van der Waals surface area contributed by atoms with Crippen molar-refractivity contribution in [3.63, 3.8) is 0 Å². The minimum absolute atomic E-state index is 0.520. The van der Waals surface area contributed by atoms with E-state index in [1.165, 1.54) is 0 Å². The van der Waals surface area contributed by atoms with Gasteiger partial charge in [-0.15, -0.1) is 0 Å². The second kappa shape index (κ2) is 5.66. The molecule has 1 aromatic carbocycles.